The first-order valence-corrected chi connectivity index (χ1v) is 7.55. The summed E-state index contributed by atoms with van der Waals surface area (Å²) in [5.41, 5.74) is 2.43. The number of hydrogen-bond donors (Lipinski definition) is 1. The third kappa shape index (κ3) is 3.30. The Hall–Kier alpha value is -2.16. The van der Waals surface area contributed by atoms with E-state index in [1.54, 1.807) is 0 Å². The largest absolute Gasteiger partial charge is 0.494 e. The normalized spacial score (nSPS) is 16.7. The SMILES string of the molecule is CCOc1ccc(NCC2CCOc3ccccc32)cc1. The van der Waals surface area contributed by atoms with Crippen LogP contribution in [-0.2, 0) is 0 Å². The highest BCUT2D eigenvalue weighted by Crippen LogP contribution is 2.33. The monoisotopic (exact) mass is 283 g/mol. The number of para-hydroxylation sites is 1. The Labute approximate surface area is 125 Å². The lowest BCUT2D eigenvalue weighted by Crippen LogP contribution is -2.20. The highest BCUT2D eigenvalue weighted by Gasteiger charge is 2.20. The summed E-state index contributed by atoms with van der Waals surface area (Å²) in [6.07, 6.45) is 1.06. The van der Waals surface area contributed by atoms with Gasteiger partial charge in [-0.2, -0.15) is 0 Å². The summed E-state index contributed by atoms with van der Waals surface area (Å²) in [6.45, 7) is 4.42. The molecule has 3 heteroatoms. The van der Waals surface area contributed by atoms with Crippen molar-refractivity contribution >= 4 is 5.69 Å². The third-order valence-electron chi connectivity index (χ3n) is 3.80. The Balaban J connectivity index is 1.63. The smallest absolute Gasteiger partial charge is 0.122 e. The van der Waals surface area contributed by atoms with Gasteiger partial charge in [0.1, 0.15) is 11.5 Å². The van der Waals surface area contributed by atoms with Crippen LogP contribution < -0.4 is 14.8 Å². The molecule has 0 saturated carbocycles. The van der Waals surface area contributed by atoms with E-state index in [4.69, 9.17) is 9.47 Å². The molecule has 0 aliphatic carbocycles. The minimum atomic E-state index is 0.501. The molecule has 1 aliphatic heterocycles. The Kier molecular flexibility index (Phi) is 4.29. The first kappa shape index (κ1) is 13.8. The van der Waals surface area contributed by atoms with Gasteiger partial charge in [0, 0.05) is 18.2 Å². The number of nitrogens with one attached hydrogen (secondary N) is 1. The van der Waals surface area contributed by atoms with Crippen LogP contribution in [0.15, 0.2) is 48.5 Å². The van der Waals surface area contributed by atoms with Crippen LogP contribution >= 0.6 is 0 Å². The lowest BCUT2D eigenvalue weighted by atomic mass is 9.93. The number of fused-ring (bicyclic) bond motifs is 1. The van der Waals surface area contributed by atoms with E-state index in [0.717, 1.165) is 36.8 Å². The highest BCUT2D eigenvalue weighted by atomic mass is 16.5. The molecule has 0 bridgehead atoms. The van der Waals surface area contributed by atoms with Crippen molar-refractivity contribution in [2.75, 3.05) is 25.1 Å². The number of anilines is 1. The zero-order valence-corrected chi connectivity index (χ0v) is 12.3. The molecule has 1 N–H and O–H groups in total. The Bertz CT molecular complexity index is 580. The first-order valence-electron chi connectivity index (χ1n) is 7.55. The van der Waals surface area contributed by atoms with Crippen LogP contribution in [0.3, 0.4) is 0 Å². The molecule has 0 fully saturated rings. The zero-order valence-electron chi connectivity index (χ0n) is 12.3. The second-order valence-corrected chi connectivity index (χ2v) is 5.21. The van der Waals surface area contributed by atoms with E-state index in [2.05, 4.69) is 35.6 Å². The van der Waals surface area contributed by atoms with Gasteiger partial charge in [0.2, 0.25) is 0 Å². The Morgan fingerprint density at radius 3 is 2.76 bits per heavy atom. The Morgan fingerprint density at radius 2 is 1.95 bits per heavy atom. The van der Waals surface area contributed by atoms with Crippen molar-refractivity contribution in [2.24, 2.45) is 0 Å². The zero-order chi connectivity index (χ0) is 14.5. The van der Waals surface area contributed by atoms with Crippen LogP contribution in [0.2, 0.25) is 0 Å². The quantitative estimate of drug-likeness (QED) is 0.897. The van der Waals surface area contributed by atoms with Crippen LogP contribution in [-0.4, -0.2) is 19.8 Å². The molecule has 0 radical (unpaired) electrons. The van der Waals surface area contributed by atoms with Gasteiger partial charge in [-0.05, 0) is 49.2 Å². The number of ether oxygens (including phenoxy) is 2. The lowest BCUT2D eigenvalue weighted by Gasteiger charge is -2.26. The number of benzene rings is 2. The van der Waals surface area contributed by atoms with Crippen molar-refractivity contribution in [1.82, 2.24) is 0 Å². The van der Waals surface area contributed by atoms with E-state index >= 15 is 0 Å². The molecule has 1 aliphatic rings. The summed E-state index contributed by atoms with van der Waals surface area (Å²) in [4.78, 5) is 0. The molecule has 1 heterocycles. The molecular weight excluding hydrogens is 262 g/mol. The maximum absolute atomic E-state index is 5.70. The van der Waals surface area contributed by atoms with Gasteiger partial charge in [-0.25, -0.2) is 0 Å². The molecule has 21 heavy (non-hydrogen) atoms. The second kappa shape index (κ2) is 6.53. The number of hydrogen-bond acceptors (Lipinski definition) is 3. The standard InChI is InChI=1S/C18H21NO2/c1-2-20-16-9-7-15(8-10-16)19-13-14-11-12-21-18-6-4-3-5-17(14)18/h3-10,14,19H,2,11-13H2,1H3. The van der Waals surface area contributed by atoms with E-state index in [9.17, 15) is 0 Å². The average Bonchev–Trinajstić information content (AvgIpc) is 2.54. The molecule has 2 aromatic rings. The fraction of sp³-hybridized carbons (Fsp3) is 0.333. The fourth-order valence-corrected chi connectivity index (χ4v) is 2.70. The van der Waals surface area contributed by atoms with E-state index in [1.165, 1.54) is 5.56 Å². The Morgan fingerprint density at radius 1 is 1.14 bits per heavy atom. The van der Waals surface area contributed by atoms with Gasteiger partial charge >= 0.3 is 0 Å². The molecular formula is C18H21NO2. The van der Waals surface area contributed by atoms with Gasteiger partial charge in [-0.3, -0.25) is 0 Å². The molecule has 0 saturated heterocycles. The fourth-order valence-electron chi connectivity index (χ4n) is 2.70. The lowest BCUT2D eigenvalue weighted by molar-refractivity contribution is 0.270. The number of rotatable bonds is 5. The van der Waals surface area contributed by atoms with Crippen LogP contribution in [0.25, 0.3) is 0 Å². The molecule has 3 rings (SSSR count). The minimum absolute atomic E-state index is 0.501. The van der Waals surface area contributed by atoms with E-state index in [1.807, 2.05) is 25.1 Å². The molecule has 1 atom stereocenters. The summed E-state index contributed by atoms with van der Waals surface area (Å²) in [7, 11) is 0. The summed E-state index contributed by atoms with van der Waals surface area (Å²) in [6, 6.07) is 16.5. The highest BCUT2D eigenvalue weighted by molar-refractivity contribution is 5.47. The molecule has 1 unspecified atom stereocenters. The van der Waals surface area contributed by atoms with E-state index in [0.29, 0.717) is 12.5 Å². The van der Waals surface area contributed by atoms with E-state index < -0.39 is 0 Å². The molecule has 3 nitrogen and oxygen atoms in total. The van der Waals surface area contributed by atoms with Crippen molar-refractivity contribution in [3.63, 3.8) is 0 Å². The van der Waals surface area contributed by atoms with E-state index in [-0.39, 0.29) is 0 Å². The predicted octanol–water partition coefficient (Wildman–Crippen LogP) is 4.06. The van der Waals surface area contributed by atoms with Gasteiger partial charge in [0.05, 0.1) is 13.2 Å². The molecule has 0 spiro atoms. The maximum Gasteiger partial charge on any atom is 0.122 e. The topological polar surface area (TPSA) is 30.5 Å². The molecule has 110 valence electrons. The third-order valence-corrected chi connectivity index (χ3v) is 3.80. The summed E-state index contributed by atoms with van der Waals surface area (Å²) in [5, 5.41) is 3.51. The summed E-state index contributed by atoms with van der Waals surface area (Å²) >= 11 is 0. The summed E-state index contributed by atoms with van der Waals surface area (Å²) < 4.78 is 11.2. The van der Waals surface area contributed by atoms with Crippen LogP contribution in [0.1, 0.15) is 24.8 Å². The molecule has 2 aromatic carbocycles. The first-order chi connectivity index (χ1) is 10.4. The van der Waals surface area contributed by atoms with Gasteiger partial charge < -0.3 is 14.8 Å². The van der Waals surface area contributed by atoms with Crippen molar-refractivity contribution in [1.29, 1.82) is 0 Å². The van der Waals surface area contributed by atoms with Gasteiger partial charge in [0.15, 0.2) is 0 Å². The van der Waals surface area contributed by atoms with Crippen molar-refractivity contribution < 1.29 is 9.47 Å². The van der Waals surface area contributed by atoms with Gasteiger partial charge in [-0.15, -0.1) is 0 Å². The maximum atomic E-state index is 5.70. The average molecular weight is 283 g/mol. The molecule has 0 amide bonds. The van der Waals surface area contributed by atoms with Crippen LogP contribution in [0.4, 0.5) is 5.69 Å². The second-order valence-electron chi connectivity index (χ2n) is 5.21. The minimum Gasteiger partial charge on any atom is -0.494 e. The van der Waals surface area contributed by atoms with Crippen molar-refractivity contribution in [3.05, 3.63) is 54.1 Å². The predicted molar refractivity (Wildman–Crippen MR) is 85.4 cm³/mol. The van der Waals surface area contributed by atoms with Gasteiger partial charge in [0.25, 0.3) is 0 Å². The van der Waals surface area contributed by atoms with Crippen LogP contribution in [0, 0.1) is 0 Å². The molecule has 0 aromatic heterocycles. The van der Waals surface area contributed by atoms with Crippen LogP contribution in [0.5, 0.6) is 11.5 Å². The van der Waals surface area contributed by atoms with Crippen molar-refractivity contribution in [3.8, 4) is 11.5 Å². The van der Waals surface area contributed by atoms with Gasteiger partial charge in [-0.1, -0.05) is 18.2 Å². The summed E-state index contributed by atoms with van der Waals surface area (Å²) in [5.74, 6) is 2.45. The van der Waals surface area contributed by atoms with Crippen molar-refractivity contribution in [2.45, 2.75) is 19.3 Å².